The fraction of sp³-hybridized carbons (Fsp3) is 0.381. The summed E-state index contributed by atoms with van der Waals surface area (Å²) >= 11 is 0. The number of carbonyl (C=O) groups is 1. The van der Waals surface area contributed by atoms with Gasteiger partial charge < -0.3 is 27.8 Å². The van der Waals surface area contributed by atoms with E-state index < -0.39 is 18.6 Å². The van der Waals surface area contributed by atoms with Crippen LogP contribution in [0.15, 0.2) is 48.5 Å². The summed E-state index contributed by atoms with van der Waals surface area (Å²) in [7, 11) is 0. The number of rotatable bonds is 5. The maximum atomic E-state index is 12.3. The highest BCUT2D eigenvalue weighted by molar-refractivity contribution is 5.79. The zero-order valence-corrected chi connectivity index (χ0v) is 16.7. The molecule has 2 aliphatic rings. The number of hydrogen-bond acceptors (Lipinski definition) is 3. The molecule has 0 aromatic heterocycles. The number of nitrogens with two attached hydrogens (primary N) is 1. The minimum absolute atomic E-state index is 0. The number of quaternary nitrogens is 1. The molecule has 1 aliphatic heterocycles. The fourth-order valence-corrected chi connectivity index (χ4v) is 4.19. The lowest BCUT2D eigenvalue weighted by molar-refractivity contribution is -0.671. The zero-order valence-electron chi connectivity index (χ0n) is 16.0. The summed E-state index contributed by atoms with van der Waals surface area (Å²) in [5.41, 5.74) is 4.54. The fourth-order valence-electron chi connectivity index (χ4n) is 4.19. The predicted molar refractivity (Wildman–Crippen MR) is 99.2 cm³/mol. The van der Waals surface area contributed by atoms with Crippen molar-refractivity contribution < 1.29 is 45.2 Å². The van der Waals surface area contributed by atoms with Crippen LogP contribution in [0, 0.1) is 0 Å². The predicted octanol–water partition coefficient (Wildman–Crippen LogP) is -0.230. The van der Waals surface area contributed by atoms with Crippen LogP contribution in [0.3, 0.4) is 0 Å². The number of amides is 1. The third-order valence-corrected chi connectivity index (χ3v) is 5.45. The van der Waals surface area contributed by atoms with Gasteiger partial charge in [-0.15, -0.1) is 13.2 Å². The van der Waals surface area contributed by atoms with Crippen LogP contribution >= 0.6 is 0 Å². The van der Waals surface area contributed by atoms with E-state index in [1.54, 1.807) is 5.32 Å². The monoisotopic (exact) mass is 442 g/mol. The summed E-state index contributed by atoms with van der Waals surface area (Å²) in [4.78, 5) is 12.1. The smallest absolute Gasteiger partial charge is 0.522 e. The van der Waals surface area contributed by atoms with E-state index in [4.69, 9.17) is 4.74 Å². The normalized spacial score (nSPS) is 20.2. The van der Waals surface area contributed by atoms with Crippen LogP contribution in [0.4, 0.5) is 18.0 Å². The van der Waals surface area contributed by atoms with Gasteiger partial charge in [0.15, 0.2) is 0 Å². The molecule has 5 nitrogen and oxygen atoms in total. The Hall–Kier alpha value is -2.29. The molecule has 2 atom stereocenters. The van der Waals surface area contributed by atoms with Crippen LogP contribution < -0.4 is 23.0 Å². The highest BCUT2D eigenvalue weighted by atomic mass is 35.5. The Morgan fingerprint density at radius 2 is 1.67 bits per heavy atom. The number of nitrogens with one attached hydrogen (secondary N) is 1. The average Bonchev–Trinajstić information content (AvgIpc) is 3.25. The Bertz CT molecular complexity index is 848. The SMILES string of the molecule is O=C(NC[C@@H]1C[C@H](OC(F)(F)F)C[NH2+]1)OCC1c2ccccc2-c2ccccc21.[Cl-]. The number of benzene rings is 2. The highest BCUT2D eigenvalue weighted by Gasteiger charge is 2.39. The molecule has 0 saturated carbocycles. The number of carbonyl (C=O) groups excluding carboxylic acids is 1. The van der Waals surface area contributed by atoms with Crippen molar-refractivity contribution in [2.24, 2.45) is 0 Å². The largest absolute Gasteiger partial charge is 1.00 e. The highest BCUT2D eigenvalue weighted by Crippen LogP contribution is 2.44. The molecule has 1 amide bonds. The van der Waals surface area contributed by atoms with E-state index in [-0.39, 0.29) is 50.5 Å². The molecule has 0 spiro atoms. The van der Waals surface area contributed by atoms with Crippen molar-refractivity contribution in [1.29, 1.82) is 0 Å². The summed E-state index contributed by atoms with van der Waals surface area (Å²) in [6.07, 6.45) is -5.86. The minimum atomic E-state index is -4.63. The average molecular weight is 443 g/mol. The Morgan fingerprint density at radius 1 is 1.07 bits per heavy atom. The molecule has 0 bridgehead atoms. The summed E-state index contributed by atoms with van der Waals surface area (Å²) in [6.45, 7) is 0.652. The maximum Gasteiger partial charge on any atom is 0.522 e. The zero-order chi connectivity index (χ0) is 20.4. The van der Waals surface area contributed by atoms with E-state index >= 15 is 0 Å². The number of halogens is 4. The van der Waals surface area contributed by atoms with Crippen LogP contribution in [0.5, 0.6) is 0 Å². The molecule has 162 valence electrons. The van der Waals surface area contributed by atoms with Gasteiger partial charge in [0.05, 0.1) is 6.54 Å². The lowest BCUT2D eigenvalue weighted by Gasteiger charge is -2.15. The maximum absolute atomic E-state index is 12.3. The Morgan fingerprint density at radius 3 is 2.27 bits per heavy atom. The van der Waals surface area contributed by atoms with E-state index in [2.05, 4.69) is 22.2 Å². The van der Waals surface area contributed by atoms with Crippen molar-refractivity contribution in [3.63, 3.8) is 0 Å². The van der Waals surface area contributed by atoms with Gasteiger partial charge in [-0.1, -0.05) is 48.5 Å². The van der Waals surface area contributed by atoms with Crippen LogP contribution in [0.25, 0.3) is 11.1 Å². The molecule has 1 saturated heterocycles. The van der Waals surface area contributed by atoms with Crippen molar-refractivity contribution in [3.05, 3.63) is 59.7 Å². The van der Waals surface area contributed by atoms with Gasteiger partial charge in [-0.3, -0.25) is 4.74 Å². The standard InChI is InChI=1S/C21H21F3N2O3.ClH/c22-21(23,24)29-14-9-13(25-11-14)10-26-20(27)28-12-19-17-7-3-1-5-15(17)16-6-2-4-8-18(16)19;/h1-8,13-14,19,25H,9-12H2,(H,26,27);1H/t13-,14-;/m0./s1. The molecule has 1 fully saturated rings. The second kappa shape index (κ2) is 9.24. The van der Waals surface area contributed by atoms with Crippen molar-refractivity contribution in [1.82, 2.24) is 5.32 Å². The van der Waals surface area contributed by atoms with Gasteiger partial charge >= 0.3 is 12.5 Å². The molecule has 30 heavy (non-hydrogen) atoms. The van der Waals surface area contributed by atoms with Gasteiger partial charge in [-0.05, 0) is 22.3 Å². The van der Waals surface area contributed by atoms with Crippen LogP contribution in [-0.2, 0) is 9.47 Å². The quantitative estimate of drug-likeness (QED) is 0.672. The Balaban J connectivity index is 0.00000256. The first-order chi connectivity index (χ1) is 13.9. The second-order valence-electron chi connectivity index (χ2n) is 7.36. The third kappa shape index (κ3) is 5.06. The number of fused-ring (bicyclic) bond motifs is 3. The van der Waals surface area contributed by atoms with Crippen LogP contribution in [0.1, 0.15) is 23.5 Å². The first kappa shape index (κ1) is 22.4. The van der Waals surface area contributed by atoms with Gasteiger partial charge in [0.1, 0.15) is 25.3 Å². The lowest BCUT2D eigenvalue weighted by Crippen LogP contribution is -3.00. The molecule has 2 aromatic rings. The van der Waals surface area contributed by atoms with E-state index in [0.717, 1.165) is 22.3 Å². The summed E-state index contributed by atoms with van der Waals surface area (Å²) in [5, 5.41) is 4.40. The summed E-state index contributed by atoms with van der Waals surface area (Å²) < 4.78 is 46.3. The summed E-state index contributed by atoms with van der Waals surface area (Å²) in [5.74, 6) is -0.0317. The Labute approximate surface area is 178 Å². The first-order valence-electron chi connectivity index (χ1n) is 9.57. The molecule has 1 aliphatic carbocycles. The van der Waals surface area contributed by atoms with Gasteiger partial charge in [-0.25, -0.2) is 4.79 Å². The van der Waals surface area contributed by atoms with E-state index in [1.807, 2.05) is 36.4 Å². The number of alkyl halides is 3. The number of ether oxygens (including phenoxy) is 2. The van der Waals surface area contributed by atoms with Crippen molar-refractivity contribution in [2.45, 2.75) is 30.8 Å². The number of alkyl carbamates (subject to hydrolysis) is 1. The van der Waals surface area contributed by atoms with Crippen molar-refractivity contribution in [3.8, 4) is 11.1 Å². The number of hydrogen-bond donors (Lipinski definition) is 2. The lowest BCUT2D eigenvalue weighted by atomic mass is 9.98. The van der Waals surface area contributed by atoms with Crippen molar-refractivity contribution in [2.75, 3.05) is 19.7 Å². The molecule has 0 radical (unpaired) electrons. The van der Waals surface area contributed by atoms with Gasteiger partial charge in [-0.2, -0.15) is 0 Å². The second-order valence-corrected chi connectivity index (χ2v) is 7.36. The molecular weight excluding hydrogens is 421 g/mol. The molecular formula is C21H22ClF3N2O3. The van der Waals surface area contributed by atoms with E-state index in [0.29, 0.717) is 0 Å². The van der Waals surface area contributed by atoms with Gasteiger partial charge in [0, 0.05) is 12.3 Å². The van der Waals surface area contributed by atoms with E-state index in [1.165, 1.54) is 0 Å². The Kier molecular flexibility index (Phi) is 6.90. The van der Waals surface area contributed by atoms with E-state index in [9.17, 15) is 18.0 Å². The molecule has 0 unspecified atom stereocenters. The molecule has 4 rings (SSSR count). The van der Waals surface area contributed by atoms with Gasteiger partial charge in [0.25, 0.3) is 0 Å². The van der Waals surface area contributed by atoms with Crippen molar-refractivity contribution >= 4 is 6.09 Å². The third-order valence-electron chi connectivity index (χ3n) is 5.45. The summed E-state index contributed by atoms with van der Waals surface area (Å²) in [6, 6.07) is 15.9. The topological polar surface area (TPSA) is 64.2 Å². The first-order valence-corrected chi connectivity index (χ1v) is 9.57. The molecule has 2 aromatic carbocycles. The molecule has 9 heteroatoms. The van der Waals surface area contributed by atoms with Gasteiger partial charge in [0.2, 0.25) is 0 Å². The van der Waals surface area contributed by atoms with Crippen LogP contribution in [0.2, 0.25) is 0 Å². The molecule has 1 heterocycles. The van der Waals surface area contributed by atoms with Crippen LogP contribution in [-0.4, -0.2) is 44.3 Å². The minimum Gasteiger partial charge on any atom is -1.00 e. The molecule has 3 N–H and O–H groups in total.